The summed E-state index contributed by atoms with van der Waals surface area (Å²) in [4.78, 5) is 0. The lowest BCUT2D eigenvalue weighted by Gasteiger charge is -2.47. The van der Waals surface area contributed by atoms with Crippen molar-refractivity contribution in [1.82, 2.24) is 0 Å². The first-order chi connectivity index (χ1) is 15.6. The molecule has 0 heterocycles. The lowest BCUT2D eigenvalue weighted by Crippen LogP contribution is -2.65. The molecule has 0 aliphatic heterocycles. The van der Waals surface area contributed by atoms with E-state index in [1.165, 1.54) is 21.1 Å². The van der Waals surface area contributed by atoms with Crippen molar-refractivity contribution in [2.75, 3.05) is 14.2 Å². The number of aliphatic hydroxyl groups is 1. The van der Waals surface area contributed by atoms with Crippen LogP contribution in [0.2, 0.25) is 0 Å². The van der Waals surface area contributed by atoms with E-state index in [0.29, 0.717) is 17.1 Å². The number of sulfonamides is 1. The fourth-order valence-electron chi connectivity index (χ4n) is 4.60. The molecule has 7 nitrogen and oxygen atoms in total. The van der Waals surface area contributed by atoms with Gasteiger partial charge in [0.1, 0.15) is 5.72 Å². The maximum Gasteiger partial charge on any atom is 0.223 e. The average Bonchev–Trinajstić information content (AvgIpc) is 2.78. The molecule has 0 amide bonds. The molecule has 3 aromatic rings. The Morgan fingerprint density at radius 3 is 1.94 bits per heavy atom. The third-order valence-corrected chi connectivity index (χ3v) is 7.82. The molecule has 8 heteroatoms. The van der Waals surface area contributed by atoms with Crippen LogP contribution in [-0.4, -0.2) is 33.5 Å². The minimum atomic E-state index is -4.49. The monoisotopic (exact) mass is 470 g/mol. The molecule has 0 radical (unpaired) electrons. The SMILES string of the molecule is COc1ccc(C(Cc2ccccc2)C(c2ccccc2)(C(C)(N)O)S(N)(=O)=O)cc1OC. The van der Waals surface area contributed by atoms with Gasteiger partial charge in [-0.05, 0) is 42.2 Å². The highest BCUT2D eigenvalue weighted by molar-refractivity contribution is 7.90. The van der Waals surface area contributed by atoms with E-state index in [9.17, 15) is 13.5 Å². The van der Waals surface area contributed by atoms with Crippen LogP contribution in [0.3, 0.4) is 0 Å². The van der Waals surface area contributed by atoms with Crippen LogP contribution >= 0.6 is 0 Å². The molecule has 33 heavy (non-hydrogen) atoms. The zero-order valence-electron chi connectivity index (χ0n) is 18.9. The molecule has 3 atom stereocenters. The summed E-state index contributed by atoms with van der Waals surface area (Å²) >= 11 is 0. The molecule has 0 aliphatic rings. The molecule has 3 aromatic carbocycles. The Kier molecular flexibility index (Phi) is 7.14. The predicted molar refractivity (Wildman–Crippen MR) is 128 cm³/mol. The first-order valence-corrected chi connectivity index (χ1v) is 12.0. The van der Waals surface area contributed by atoms with Crippen LogP contribution in [0.15, 0.2) is 78.9 Å². The smallest absolute Gasteiger partial charge is 0.223 e. The van der Waals surface area contributed by atoms with Crippen molar-refractivity contribution >= 4 is 10.0 Å². The lowest BCUT2D eigenvalue weighted by molar-refractivity contribution is 0.00618. The number of hydrogen-bond donors (Lipinski definition) is 3. The second-order valence-corrected chi connectivity index (χ2v) is 9.88. The molecule has 0 fully saturated rings. The van der Waals surface area contributed by atoms with E-state index in [1.807, 2.05) is 30.3 Å². The van der Waals surface area contributed by atoms with Crippen molar-refractivity contribution in [3.05, 3.63) is 95.6 Å². The van der Waals surface area contributed by atoms with Crippen LogP contribution in [-0.2, 0) is 21.2 Å². The summed E-state index contributed by atoms with van der Waals surface area (Å²) in [5.74, 6) is 0.0262. The summed E-state index contributed by atoms with van der Waals surface area (Å²) in [5.41, 5.74) is 5.76. The first-order valence-electron chi connectivity index (χ1n) is 10.4. The van der Waals surface area contributed by atoms with Crippen molar-refractivity contribution in [2.24, 2.45) is 10.9 Å². The van der Waals surface area contributed by atoms with E-state index in [1.54, 1.807) is 48.5 Å². The number of methoxy groups -OCH3 is 2. The summed E-state index contributed by atoms with van der Waals surface area (Å²) in [5, 5.41) is 17.2. The highest BCUT2D eigenvalue weighted by Gasteiger charge is 2.60. The quantitative estimate of drug-likeness (QED) is 0.413. The van der Waals surface area contributed by atoms with E-state index in [2.05, 4.69) is 0 Å². The summed E-state index contributed by atoms with van der Waals surface area (Å²) < 4.78 is 35.7. The largest absolute Gasteiger partial charge is 0.493 e. The Labute approximate surface area is 195 Å². The molecule has 3 unspecified atom stereocenters. The van der Waals surface area contributed by atoms with Crippen molar-refractivity contribution in [3.8, 4) is 11.5 Å². The highest BCUT2D eigenvalue weighted by Crippen LogP contribution is 2.50. The third-order valence-electron chi connectivity index (χ3n) is 5.99. The van der Waals surface area contributed by atoms with E-state index in [4.69, 9.17) is 20.3 Å². The van der Waals surface area contributed by atoms with Gasteiger partial charge in [0, 0.05) is 5.92 Å². The highest BCUT2D eigenvalue weighted by atomic mass is 32.2. The van der Waals surface area contributed by atoms with Gasteiger partial charge >= 0.3 is 0 Å². The van der Waals surface area contributed by atoms with Crippen molar-refractivity contribution in [1.29, 1.82) is 0 Å². The van der Waals surface area contributed by atoms with Crippen molar-refractivity contribution in [2.45, 2.75) is 29.7 Å². The second kappa shape index (κ2) is 9.52. The minimum absolute atomic E-state index is 0.231. The average molecular weight is 471 g/mol. The Morgan fingerprint density at radius 2 is 1.45 bits per heavy atom. The number of hydrogen-bond acceptors (Lipinski definition) is 6. The van der Waals surface area contributed by atoms with Crippen molar-refractivity contribution < 1.29 is 23.0 Å². The Morgan fingerprint density at radius 1 is 0.909 bits per heavy atom. The van der Waals surface area contributed by atoms with Crippen LogP contribution < -0.4 is 20.3 Å². The van der Waals surface area contributed by atoms with Gasteiger partial charge in [0.25, 0.3) is 0 Å². The molecule has 0 aliphatic carbocycles. The summed E-state index contributed by atoms with van der Waals surface area (Å²) in [6.45, 7) is 1.27. The second-order valence-electron chi connectivity index (χ2n) is 8.15. The molecule has 0 saturated heterocycles. The maximum atomic E-state index is 13.5. The number of rotatable bonds is 9. The number of benzene rings is 3. The molecule has 3 rings (SSSR count). The molecule has 176 valence electrons. The van der Waals surface area contributed by atoms with Gasteiger partial charge in [-0.3, -0.25) is 0 Å². The fourth-order valence-corrected chi connectivity index (χ4v) is 6.25. The molecule has 0 aromatic heterocycles. The first kappa shape index (κ1) is 24.7. The Balaban J connectivity index is 2.41. The number of nitrogens with two attached hydrogens (primary N) is 2. The number of primary sulfonamides is 1. The topological polar surface area (TPSA) is 125 Å². The van der Waals surface area contributed by atoms with E-state index in [0.717, 1.165) is 5.56 Å². The molecule has 5 N–H and O–H groups in total. The normalized spacial score (nSPS) is 16.3. The van der Waals surface area contributed by atoms with Gasteiger partial charge in [-0.15, -0.1) is 0 Å². The Hall–Kier alpha value is -2.91. The Bertz CT molecular complexity index is 1180. The van der Waals surface area contributed by atoms with Crippen LogP contribution in [0.5, 0.6) is 11.5 Å². The third kappa shape index (κ3) is 4.60. The van der Waals surface area contributed by atoms with Gasteiger partial charge in [0.2, 0.25) is 10.0 Å². The maximum absolute atomic E-state index is 13.5. The zero-order valence-corrected chi connectivity index (χ0v) is 19.7. The van der Waals surface area contributed by atoms with Crippen LogP contribution in [0.25, 0.3) is 0 Å². The van der Waals surface area contributed by atoms with Crippen molar-refractivity contribution in [3.63, 3.8) is 0 Å². The van der Waals surface area contributed by atoms with Gasteiger partial charge < -0.3 is 20.3 Å². The van der Waals surface area contributed by atoms with Gasteiger partial charge in [0.15, 0.2) is 16.2 Å². The van der Waals surface area contributed by atoms with Crippen LogP contribution in [0, 0.1) is 0 Å². The van der Waals surface area contributed by atoms with E-state index >= 15 is 0 Å². The summed E-state index contributed by atoms with van der Waals surface area (Å²) in [7, 11) is -1.47. The predicted octanol–water partition coefficient (Wildman–Crippen LogP) is 2.88. The van der Waals surface area contributed by atoms with Crippen LogP contribution in [0.4, 0.5) is 0 Å². The van der Waals surface area contributed by atoms with Crippen LogP contribution in [0.1, 0.15) is 29.5 Å². The summed E-state index contributed by atoms with van der Waals surface area (Å²) in [6.07, 6.45) is 0.231. The minimum Gasteiger partial charge on any atom is -0.493 e. The van der Waals surface area contributed by atoms with Gasteiger partial charge in [0.05, 0.1) is 14.2 Å². The molecule has 0 saturated carbocycles. The molecular weight excluding hydrogens is 440 g/mol. The zero-order chi connectivity index (χ0) is 24.3. The summed E-state index contributed by atoms with van der Waals surface area (Å²) in [6, 6.07) is 22.9. The van der Waals surface area contributed by atoms with E-state index in [-0.39, 0.29) is 12.0 Å². The fraction of sp³-hybridized carbons (Fsp3) is 0.280. The number of ether oxygens (including phenoxy) is 2. The van der Waals surface area contributed by atoms with Gasteiger partial charge in [-0.1, -0.05) is 66.7 Å². The van der Waals surface area contributed by atoms with Gasteiger partial charge in [-0.2, -0.15) is 0 Å². The van der Waals surface area contributed by atoms with E-state index < -0.39 is 26.4 Å². The molecule has 0 spiro atoms. The lowest BCUT2D eigenvalue weighted by atomic mass is 9.72. The molecule has 0 bridgehead atoms. The van der Waals surface area contributed by atoms with Gasteiger partial charge in [-0.25, -0.2) is 13.6 Å². The molecular formula is C25H30N2O5S. The standard InChI is InChI=1S/C25H30N2O5S/c1-24(26,28)25(33(27,29)30,20-12-8-5-9-13-20)21(16-18-10-6-4-7-11-18)19-14-15-22(31-2)23(17-19)32-3/h4-15,17,21,28H,16,26H2,1-3H3,(H2,27,29,30).